The molecule has 4 atom stereocenters. The fraction of sp³-hybridized carbons (Fsp3) is 0.500. The van der Waals surface area contributed by atoms with Crippen LogP contribution in [0.1, 0.15) is 69.2 Å². The molecule has 4 heteroatoms. The Bertz CT molecular complexity index is 842. The van der Waals surface area contributed by atoms with Gasteiger partial charge in [0, 0.05) is 11.8 Å². The molecule has 0 aliphatic heterocycles. The first kappa shape index (κ1) is 25.6. The smallest absolute Gasteiger partial charge is 0.338 e. The van der Waals surface area contributed by atoms with Crippen molar-refractivity contribution >= 4 is 11.9 Å². The first-order chi connectivity index (χ1) is 15.1. The van der Waals surface area contributed by atoms with Gasteiger partial charge < -0.3 is 9.47 Å². The summed E-state index contributed by atoms with van der Waals surface area (Å²) in [6, 6.07) is 18.2. The van der Waals surface area contributed by atoms with Gasteiger partial charge in [0.15, 0.2) is 0 Å². The molecule has 0 bridgehead atoms. The lowest BCUT2D eigenvalue weighted by molar-refractivity contribution is -0.0669. The first-order valence-electron chi connectivity index (χ1n) is 11.7. The Morgan fingerprint density at radius 2 is 0.969 bits per heavy atom. The van der Waals surface area contributed by atoms with Crippen LogP contribution in [0.3, 0.4) is 0 Å². The molecule has 4 nitrogen and oxygen atoms in total. The number of carbonyl (C=O) groups is 2. The van der Waals surface area contributed by atoms with Crippen molar-refractivity contribution in [2.45, 2.75) is 60.7 Å². The van der Waals surface area contributed by atoms with Gasteiger partial charge >= 0.3 is 11.9 Å². The van der Waals surface area contributed by atoms with Crippen molar-refractivity contribution < 1.29 is 19.1 Å². The zero-order valence-corrected chi connectivity index (χ0v) is 20.4. The fourth-order valence-corrected chi connectivity index (χ4v) is 4.66. The van der Waals surface area contributed by atoms with Crippen molar-refractivity contribution in [3.05, 3.63) is 71.8 Å². The van der Waals surface area contributed by atoms with Crippen molar-refractivity contribution in [3.8, 4) is 0 Å². The predicted molar refractivity (Wildman–Crippen MR) is 128 cm³/mol. The van der Waals surface area contributed by atoms with Crippen LogP contribution in [0.15, 0.2) is 60.7 Å². The Hall–Kier alpha value is -2.62. The minimum atomic E-state index is -0.327. The Labute approximate surface area is 193 Å². The van der Waals surface area contributed by atoms with Crippen LogP contribution in [-0.4, -0.2) is 24.1 Å². The summed E-state index contributed by atoms with van der Waals surface area (Å²) in [5, 5.41) is 0. The predicted octanol–water partition coefficient (Wildman–Crippen LogP) is 6.66. The Morgan fingerprint density at radius 3 is 1.34 bits per heavy atom. The molecule has 4 unspecified atom stereocenters. The maximum Gasteiger partial charge on any atom is 0.338 e. The average Bonchev–Trinajstić information content (AvgIpc) is 2.76. The molecule has 0 heterocycles. The summed E-state index contributed by atoms with van der Waals surface area (Å²) >= 11 is 0. The molecule has 2 rings (SSSR count). The normalized spacial score (nSPS) is 15.3. The van der Waals surface area contributed by atoms with E-state index in [0.29, 0.717) is 11.1 Å². The van der Waals surface area contributed by atoms with E-state index in [1.165, 1.54) is 0 Å². The third-order valence-corrected chi connectivity index (χ3v) is 6.12. The van der Waals surface area contributed by atoms with Gasteiger partial charge in [-0.05, 0) is 48.9 Å². The van der Waals surface area contributed by atoms with E-state index < -0.39 is 0 Å². The number of hydrogen-bond donors (Lipinski definition) is 0. The van der Waals surface area contributed by atoms with Crippen LogP contribution in [-0.2, 0) is 9.47 Å². The summed E-state index contributed by atoms with van der Waals surface area (Å²) in [7, 11) is 0. The van der Waals surface area contributed by atoms with Gasteiger partial charge in [0.05, 0.1) is 11.1 Å². The largest absolute Gasteiger partial charge is 0.459 e. The molecular formula is C28H38O4. The van der Waals surface area contributed by atoms with Crippen LogP contribution in [0.5, 0.6) is 0 Å². The molecule has 0 aliphatic carbocycles. The van der Waals surface area contributed by atoms with E-state index >= 15 is 0 Å². The van der Waals surface area contributed by atoms with Gasteiger partial charge in [0.25, 0.3) is 0 Å². The molecule has 0 amide bonds. The zero-order chi connectivity index (χ0) is 23.8. The Morgan fingerprint density at radius 1 is 0.562 bits per heavy atom. The van der Waals surface area contributed by atoms with Gasteiger partial charge in [0.1, 0.15) is 12.2 Å². The molecule has 0 aliphatic rings. The number of hydrogen-bond acceptors (Lipinski definition) is 4. The molecule has 0 saturated carbocycles. The van der Waals surface area contributed by atoms with E-state index in [2.05, 4.69) is 41.5 Å². The summed E-state index contributed by atoms with van der Waals surface area (Å²) in [5.41, 5.74) is 1.09. The lowest BCUT2D eigenvalue weighted by Crippen LogP contribution is -2.45. The maximum atomic E-state index is 12.9. The van der Waals surface area contributed by atoms with Gasteiger partial charge in [-0.3, -0.25) is 0 Å². The van der Waals surface area contributed by atoms with Crippen LogP contribution in [0.25, 0.3) is 0 Å². The second-order valence-corrected chi connectivity index (χ2v) is 9.60. The van der Waals surface area contributed by atoms with Crippen LogP contribution in [0.4, 0.5) is 0 Å². The number of ether oxygens (including phenoxy) is 2. The van der Waals surface area contributed by atoms with Crippen molar-refractivity contribution in [2.24, 2.45) is 29.6 Å². The number of esters is 2. The highest BCUT2D eigenvalue weighted by molar-refractivity contribution is 5.90. The summed E-state index contributed by atoms with van der Waals surface area (Å²) in [6.45, 7) is 14.7. The molecule has 0 saturated heterocycles. The second kappa shape index (κ2) is 11.8. The van der Waals surface area contributed by atoms with Gasteiger partial charge in [-0.25, -0.2) is 9.59 Å². The minimum Gasteiger partial charge on any atom is -0.459 e. The van der Waals surface area contributed by atoms with E-state index in [0.717, 1.165) is 0 Å². The van der Waals surface area contributed by atoms with Crippen LogP contribution >= 0.6 is 0 Å². The second-order valence-electron chi connectivity index (χ2n) is 9.60. The summed E-state index contributed by atoms with van der Waals surface area (Å²) < 4.78 is 12.0. The van der Waals surface area contributed by atoms with E-state index in [4.69, 9.17) is 9.47 Å². The Balaban J connectivity index is 2.30. The fourth-order valence-electron chi connectivity index (χ4n) is 4.66. The maximum absolute atomic E-state index is 12.9. The molecule has 2 aromatic carbocycles. The number of benzene rings is 2. The SMILES string of the molecule is CC(C)C(OC(=O)c1ccccc1)C(C(C)C)C(C(C)C)C(C)OC(=O)c1ccccc1. The van der Waals surface area contributed by atoms with Gasteiger partial charge in [-0.1, -0.05) is 77.9 Å². The number of carbonyl (C=O) groups excluding carboxylic acids is 2. The summed E-state index contributed by atoms with van der Waals surface area (Å²) in [5.74, 6) is 0.00197. The van der Waals surface area contributed by atoms with Crippen LogP contribution < -0.4 is 0 Å². The van der Waals surface area contributed by atoms with E-state index in [1.807, 2.05) is 43.3 Å². The van der Waals surface area contributed by atoms with Crippen LogP contribution in [0, 0.1) is 29.6 Å². The molecule has 2 aromatic rings. The van der Waals surface area contributed by atoms with Crippen molar-refractivity contribution in [3.63, 3.8) is 0 Å². The standard InChI is InChI=1S/C28H38O4/c1-18(2)24(21(7)31-27(29)22-14-10-8-11-15-22)25(19(3)4)26(20(5)6)32-28(30)23-16-12-9-13-17-23/h8-21,24-26H,1-7H3. The summed E-state index contributed by atoms with van der Waals surface area (Å²) in [4.78, 5) is 25.6. The molecule has 0 N–H and O–H groups in total. The molecular weight excluding hydrogens is 400 g/mol. The molecule has 32 heavy (non-hydrogen) atoms. The highest BCUT2D eigenvalue weighted by Gasteiger charge is 2.41. The molecule has 174 valence electrons. The molecule has 0 spiro atoms. The third kappa shape index (κ3) is 6.69. The highest BCUT2D eigenvalue weighted by atomic mass is 16.6. The topological polar surface area (TPSA) is 52.6 Å². The van der Waals surface area contributed by atoms with E-state index in [9.17, 15) is 9.59 Å². The third-order valence-electron chi connectivity index (χ3n) is 6.12. The molecule has 0 aromatic heterocycles. The lowest BCUT2D eigenvalue weighted by Gasteiger charge is -2.42. The quantitative estimate of drug-likeness (QED) is 0.389. The lowest BCUT2D eigenvalue weighted by atomic mass is 9.69. The van der Waals surface area contributed by atoms with Crippen molar-refractivity contribution in [1.82, 2.24) is 0 Å². The molecule has 0 radical (unpaired) electrons. The average molecular weight is 439 g/mol. The van der Waals surface area contributed by atoms with Gasteiger partial charge in [-0.2, -0.15) is 0 Å². The zero-order valence-electron chi connectivity index (χ0n) is 20.4. The number of rotatable bonds is 10. The summed E-state index contributed by atoms with van der Waals surface area (Å²) in [6.07, 6.45) is -0.625. The van der Waals surface area contributed by atoms with Crippen molar-refractivity contribution in [2.75, 3.05) is 0 Å². The minimum absolute atomic E-state index is 0.0265. The monoisotopic (exact) mass is 438 g/mol. The Kier molecular flexibility index (Phi) is 9.49. The molecule has 0 fully saturated rings. The highest BCUT2D eigenvalue weighted by Crippen LogP contribution is 2.38. The van der Waals surface area contributed by atoms with Crippen molar-refractivity contribution in [1.29, 1.82) is 0 Å². The van der Waals surface area contributed by atoms with Crippen LogP contribution in [0.2, 0.25) is 0 Å². The van der Waals surface area contributed by atoms with Gasteiger partial charge in [-0.15, -0.1) is 0 Å². The van der Waals surface area contributed by atoms with E-state index in [1.54, 1.807) is 24.3 Å². The van der Waals surface area contributed by atoms with E-state index in [-0.39, 0.29) is 53.7 Å². The first-order valence-corrected chi connectivity index (χ1v) is 11.7. The van der Waals surface area contributed by atoms with Gasteiger partial charge in [0.2, 0.25) is 0 Å².